The van der Waals surface area contributed by atoms with E-state index < -0.39 is 15.3 Å². The van der Waals surface area contributed by atoms with Crippen LogP contribution in [-0.2, 0) is 10.0 Å². The van der Waals surface area contributed by atoms with Gasteiger partial charge in [-0.2, -0.15) is 4.31 Å². The molecule has 0 amide bonds. The normalized spacial score (nSPS) is 29.2. The second-order valence-corrected chi connectivity index (χ2v) is 7.21. The van der Waals surface area contributed by atoms with Gasteiger partial charge in [-0.3, -0.25) is 4.90 Å². The van der Waals surface area contributed by atoms with Crippen molar-refractivity contribution in [3.63, 3.8) is 0 Å². The van der Waals surface area contributed by atoms with E-state index in [9.17, 15) is 8.42 Å². The first-order valence-corrected chi connectivity index (χ1v) is 8.03. The number of piperazine rings is 1. The molecule has 17 heavy (non-hydrogen) atoms. The number of nitrogens with zero attached hydrogens (tertiary/aromatic N) is 2. The lowest BCUT2D eigenvalue weighted by molar-refractivity contribution is 0.157. The molecule has 2 heterocycles. The number of sulfonamides is 1. The molecule has 0 aromatic rings. The van der Waals surface area contributed by atoms with Crippen molar-refractivity contribution < 1.29 is 8.42 Å². The first-order chi connectivity index (χ1) is 8.09. The SMILES string of the molecule is CCC(CN)S(=O)(=O)N1CCN2CCCC2C1. The van der Waals surface area contributed by atoms with Crippen LogP contribution < -0.4 is 5.73 Å². The highest BCUT2D eigenvalue weighted by molar-refractivity contribution is 7.89. The number of hydrogen-bond acceptors (Lipinski definition) is 4. The zero-order valence-electron chi connectivity index (χ0n) is 10.5. The molecule has 2 rings (SSSR count). The van der Waals surface area contributed by atoms with E-state index >= 15 is 0 Å². The second kappa shape index (κ2) is 5.22. The van der Waals surface area contributed by atoms with Gasteiger partial charge in [-0.25, -0.2) is 8.42 Å². The van der Waals surface area contributed by atoms with Crippen LogP contribution in [0.15, 0.2) is 0 Å². The third-order valence-electron chi connectivity index (χ3n) is 4.05. The minimum absolute atomic E-state index is 0.226. The Morgan fingerprint density at radius 3 is 2.76 bits per heavy atom. The third kappa shape index (κ3) is 2.50. The van der Waals surface area contributed by atoms with Crippen LogP contribution in [0.1, 0.15) is 26.2 Å². The lowest BCUT2D eigenvalue weighted by Gasteiger charge is -2.38. The van der Waals surface area contributed by atoms with E-state index in [1.807, 2.05) is 6.92 Å². The quantitative estimate of drug-likeness (QED) is 0.763. The summed E-state index contributed by atoms with van der Waals surface area (Å²) in [6.45, 7) is 5.43. The average Bonchev–Trinajstić information content (AvgIpc) is 2.77. The zero-order valence-corrected chi connectivity index (χ0v) is 11.3. The number of fused-ring (bicyclic) bond motifs is 1. The summed E-state index contributed by atoms with van der Waals surface area (Å²) in [6, 6.07) is 0.439. The lowest BCUT2D eigenvalue weighted by Crippen LogP contribution is -2.54. The first-order valence-electron chi connectivity index (χ1n) is 6.52. The monoisotopic (exact) mass is 261 g/mol. The van der Waals surface area contributed by atoms with E-state index in [0.29, 0.717) is 25.6 Å². The van der Waals surface area contributed by atoms with E-state index in [-0.39, 0.29) is 6.54 Å². The summed E-state index contributed by atoms with van der Waals surface area (Å²) in [7, 11) is -3.18. The van der Waals surface area contributed by atoms with Crippen molar-refractivity contribution in [3.8, 4) is 0 Å². The van der Waals surface area contributed by atoms with Crippen LogP contribution in [0, 0.1) is 0 Å². The Labute approximate surface area is 104 Å². The Morgan fingerprint density at radius 2 is 2.12 bits per heavy atom. The van der Waals surface area contributed by atoms with Gasteiger partial charge in [-0.1, -0.05) is 6.92 Å². The highest BCUT2D eigenvalue weighted by Crippen LogP contribution is 2.24. The Hall–Kier alpha value is -0.170. The van der Waals surface area contributed by atoms with Crippen molar-refractivity contribution >= 4 is 10.0 Å². The number of rotatable bonds is 4. The summed E-state index contributed by atoms with van der Waals surface area (Å²) in [4.78, 5) is 2.41. The van der Waals surface area contributed by atoms with E-state index in [4.69, 9.17) is 5.73 Å². The maximum atomic E-state index is 12.4. The first kappa shape index (κ1) is 13.3. The Kier molecular flexibility index (Phi) is 4.07. The van der Waals surface area contributed by atoms with Gasteiger partial charge in [0.15, 0.2) is 0 Å². The molecule has 2 unspecified atom stereocenters. The summed E-state index contributed by atoms with van der Waals surface area (Å²) >= 11 is 0. The maximum Gasteiger partial charge on any atom is 0.218 e. The minimum atomic E-state index is -3.18. The highest BCUT2D eigenvalue weighted by Gasteiger charge is 2.38. The Bertz CT molecular complexity index is 354. The molecule has 2 aliphatic rings. The topological polar surface area (TPSA) is 66.6 Å². The molecule has 0 aromatic heterocycles. The van der Waals surface area contributed by atoms with Gasteiger partial charge < -0.3 is 5.73 Å². The molecule has 0 aliphatic carbocycles. The van der Waals surface area contributed by atoms with Crippen LogP contribution in [0.25, 0.3) is 0 Å². The molecule has 2 aliphatic heterocycles. The van der Waals surface area contributed by atoms with Crippen LogP contribution in [0.4, 0.5) is 0 Å². The molecule has 2 saturated heterocycles. The van der Waals surface area contributed by atoms with Crippen molar-refractivity contribution in [2.75, 3.05) is 32.7 Å². The smallest absolute Gasteiger partial charge is 0.218 e. The minimum Gasteiger partial charge on any atom is -0.329 e. The number of hydrogen-bond donors (Lipinski definition) is 1. The standard InChI is InChI=1S/C11H23N3O2S/c1-2-11(8-12)17(15,16)14-7-6-13-5-3-4-10(13)9-14/h10-11H,2-9,12H2,1H3. The van der Waals surface area contributed by atoms with E-state index in [1.165, 1.54) is 6.42 Å². The fourth-order valence-electron chi connectivity index (χ4n) is 2.90. The van der Waals surface area contributed by atoms with Gasteiger partial charge in [0.2, 0.25) is 10.0 Å². The second-order valence-electron chi connectivity index (χ2n) is 5.00. The zero-order chi connectivity index (χ0) is 12.5. The van der Waals surface area contributed by atoms with Crippen molar-refractivity contribution in [2.45, 2.75) is 37.5 Å². The molecular formula is C11H23N3O2S. The predicted molar refractivity (Wildman–Crippen MR) is 68.2 cm³/mol. The number of nitrogens with two attached hydrogens (primary N) is 1. The van der Waals surface area contributed by atoms with Gasteiger partial charge in [-0.15, -0.1) is 0 Å². The molecule has 100 valence electrons. The summed E-state index contributed by atoms with van der Waals surface area (Å²) in [5, 5.41) is -0.407. The van der Waals surface area contributed by atoms with E-state index in [2.05, 4.69) is 4.90 Å². The summed E-state index contributed by atoms with van der Waals surface area (Å²) in [5.41, 5.74) is 5.57. The molecule has 6 heteroatoms. The molecular weight excluding hydrogens is 238 g/mol. The average molecular weight is 261 g/mol. The van der Waals surface area contributed by atoms with Crippen molar-refractivity contribution in [3.05, 3.63) is 0 Å². The van der Waals surface area contributed by atoms with Crippen molar-refractivity contribution in [1.82, 2.24) is 9.21 Å². The van der Waals surface area contributed by atoms with Gasteiger partial charge >= 0.3 is 0 Å². The lowest BCUT2D eigenvalue weighted by atomic mass is 10.2. The van der Waals surface area contributed by atoms with Crippen LogP contribution in [-0.4, -0.2) is 61.6 Å². The predicted octanol–water partition coefficient (Wildman–Crippen LogP) is -0.166. The van der Waals surface area contributed by atoms with Crippen LogP contribution >= 0.6 is 0 Å². The molecule has 2 fully saturated rings. The molecule has 2 atom stereocenters. The summed E-state index contributed by atoms with van der Waals surface area (Å²) in [5.74, 6) is 0. The summed E-state index contributed by atoms with van der Waals surface area (Å²) in [6.07, 6.45) is 2.93. The summed E-state index contributed by atoms with van der Waals surface area (Å²) < 4.78 is 26.4. The van der Waals surface area contributed by atoms with Crippen LogP contribution in [0.2, 0.25) is 0 Å². The van der Waals surface area contributed by atoms with Crippen LogP contribution in [0.5, 0.6) is 0 Å². The van der Waals surface area contributed by atoms with Gasteiger partial charge in [0.25, 0.3) is 0 Å². The maximum absolute atomic E-state index is 12.4. The third-order valence-corrected chi connectivity index (χ3v) is 6.47. The molecule has 5 nitrogen and oxygen atoms in total. The van der Waals surface area contributed by atoms with Crippen molar-refractivity contribution in [2.24, 2.45) is 5.73 Å². The molecule has 2 N–H and O–H groups in total. The fraction of sp³-hybridized carbons (Fsp3) is 1.00. The van der Waals surface area contributed by atoms with E-state index in [0.717, 1.165) is 19.5 Å². The van der Waals surface area contributed by atoms with Gasteiger partial charge in [-0.05, 0) is 25.8 Å². The molecule has 0 spiro atoms. The van der Waals surface area contributed by atoms with Crippen molar-refractivity contribution in [1.29, 1.82) is 0 Å². The molecule has 0 aromatic carbocycles. The van der Waals surface area contributed by atoms with Gasteiger partial charge in [0.05, 0.1) is 5.25 Å². The highest BCUT2D eigenvalue weighted by atomic mass is 32.2. The molecule has 0 saturated carbocycles. The molecule has 0 radical (unpaired) electrons. The van der Waals surface area contributed by atoms with E-state index in [1.54, 1.807) is 4.31 Å². The van der Waals surface area contributed by atoms with Gasteiger partial charge in [0.1, 0.15) is 0 Å². The van der Waals surface area contributed by atoms with Gasteiger partial charge in [0, 0.05) is 32.2 Å². The van der Waals surface area contributed by atoms with Crippen LogP contribution in [0.3, 0.4) is 0 Å². The Balaban J connectivity index is 2.07. The fourth-order valence-corrected chi connectivity index (χ4v) is 4.71. The largest absolute Gasteiger partial charge is 0.329 e. The molecule has 0 bridgehead atoms. The Morgan fingerprint density at radius 1 is 1.35 bits per heavy atom.